The fourth-order valence-electron chi connectivity index (χ4n) is 2.34. The van der Waals surface area contributed by atoms with E-state index in [0.29, 0.717) is 5.78 Å². The lowest BCUT2D eigenvalue weighted by Gasteiger charge is -2.31. The normalized spacial score (nSPS) is 28.1. The van der Waals surface area contributed by atoms with E-state index in [1.165, 1.54) is 18.4 Å². The van der Waals surface area contributed by atoms with E-state index in [1.54, 1.807) is 0 Å². The molecule has 1 heteroatoms. The summed E-state index contributed by atoms with van der Waals surface area (Å²) in [5.74, 6) is 1.15. The predicted octanol–water partition coefficient (Wildman–Crippen LogP) is 3.10. The molecule has 2 aliphatic carbocycles. The van der Waals surface area contributed by atoms with Crippen LogP contribution >= 0.6 is 0 Å². The first-order valence-corrected chi connectivity index (χ1v) is 5.22. The number of Topliss-reactive ketones (excluding diaryl/α,β-unsaturated/α-hetero) is 1. The number of allylic oxidation sites excluding steroid dienone is 2. The summed E-state index contributed by atoms with van der Waals surface area (Å²) in [4.78, 5) is 11.7. The third-order valence-electron chi connectivity index (χ3n) is 3.28. The molecule has 0 unspecified atom stereocenters. The lowest BCUT2D eigenvalue weighted by molar-refractivity contribution is -0.118. The van der Waals surface area contributed by atoms with Gasteiger partial charge in [0, 0.05) is 6.42 Å². The molecule has 2 rings (SSSR count). The average Bonchev–Trinajstić information content (AvgIpc) is 2.78. The first-order chi connectivity index (χ1) is 5.99. The first kappa shape index (κ1) is 8.98. The Bertz CT molecular complexity index is 279. The highest BCUT2D eigenvalue weighted by molar-refractivity contribution is 5.97. The molecule has 72 valence electrons. The van der Waals surface area contributed by atoms with Gasteiger partial charge in [-0.25, -0.2) is 0 Å². The molecule has 0 radical (unpaired) electrons. The average molecular weight is 178 g/mol. The van der Waals surface area contributed by atoms with Crippen molar-refractivity contribution in [2.75, 3.05) is 0 Å². The van der Waals surface area contributed by atoms with Gasteiger partial charge >= 0.3 is 0 Å². The number of hydrogen-bond acceptors (Lipinski definition) is 1. The van der Waals surface area contributed by atoms with Gasteiger partial charge in [-0.15, -0.1) is 0 Å². The largest absolute Gasteiger partial charge is 0.295 e. The van der Waals surface area contributed by atoms with Crippen LogP contribution in [0.4, 0.5) is 0 Å². The van der Waals surface area contributed by atoms with Crippen molar-refractivity contribution in [1.29, 1.82) is 0 Å². The number of carbonyl (C=O) groups is 1. The van der Waals surface area contributed by atoms with Crippen LogP contribution in [0.1, 0.15) is 46.5 Å². The van der Waals surface area contributed by atoms with Crippen molar-refractivity contribution in [2.24, 2.45) is 11.3 Å². The molecule has 13 heavy (non-hydrogen) atoms. The summed E-state index contributed by atoms with van der Waals surface area (Å²) in [6.45, 7) is 6.44. The van der Waals surface area contributed by atoms with Gasteiger partial charge in [0.1, 0.15) is 0 Å². The van der Waals surface area contributed by atoms with Gasteiger partial charge < -0.3 is 0 Å². The maximum Gasteiger partial charge on any atom is 0.159 e. The van der Waals surface area contributed by atoms with Crippen molar-refractivity contribution >= 4 is 5.78 Å². The Labute approximate surface area is 80.2 Å². The summed E-state index contributed by atoms with van der Waals surface area (Å²) >= 11 is 0. The van der Waals surface area contributed by atoms with E-state index >= 15 is 0 Å². The minimum Gasteiger partial charge on any atom is -0.295 e. The van der Waals surface area contributed by atoms with Crippen molar-refractivity contribution in [3.63, 3.8) is 0 Å². The molecule has 0 spiro atoms. The van der Waals surface area contributed by atoms with Crippen molar-refractivity contribution < 1.29 is 4.79 Å². The molecule has 0 aromatic carbocycles. The molecule has 0 saturated heterocycles. The maximum atomic E-state index is 11.7. The third kappa shape index (κ3) is 1.70. The molecular weight excluding hydrogens is 160 g/mol. The Balaban J connectivity index is 2.30. The summed E-state index contributed by atoms with van der Waals surface area (Å²) in [7, 11) is 0. The molecular formula is C12H18O. The standard InChI is InChI=1S/C12H18O/c1-8-10(9-4-5-9)6-12(2,3)7-11(8)13/h9H,4-7H2,1-3H3. The van der Waals surface area contributed by atoms with Crippen LogP contribution in [0.3, 0.4) is 0 Å². The van der Waals surface area contributed by atoms with Crippen LogP contribution in [0.25, 0.3) is 0 Å². The second-order valence-electron chi connectivity index (χ2n) is 5.37. The highest BCUT2D eigenvalue weighted by Gasteiger charge is 2.37. The topological polar surface area (TPSA) is 17.1 Å². The van der Waals surface area contributed by atoms with Gasteiger partial charge in [0.15, 0.2) is 5.78 Å². The van der Waals surface area contributed by atoms with Crippen LogP contribution in [0.5, 0.6) is 0 Å². The minimum atomic E-state index is 0.217. The van der Waals surface area contributed by atoms with Crippen LogP contribution < -0.4 is 0 Å². The number of rotatable bonds is 1. The van der Waals surface area contributed by atoms with Gasteiger partial charge in [-0.05, 0) is 43.1 Å². The molecule has 1 saturated carbocycles. The van der Waals surface area contributed by atoms with Gasteiger partial charge in [-0.2, -0.15) is 0 Å². The van der Waals surface area contributed by atoms with Crippen LogP contribution in [0.2, 0.25) is 0 Å². The molecule has 0 N–H and O–H groups in total. The second kappa shape index (κ2) is 2.70. The SMILES string of the molecule is CC1=C(C2CC2)CC(C)(C)CC1=O. The van der Waals surface area contributed by atoms with E-state index < -0.39 is 0 Å². The van der Waals surface area contributed by atoms with Crippen LogP contribution in [0.15, 0.2) is 11.1 Å². The maximum absolute atomic E-state index is 11.7. The summed E-state index contributed by atoms with van der Waals surface area (Å²) in [5, 5.41) is 0. The monoisotopic (exact) mass is 178 g/mol. The summed E-state index contributed by atoms with van der Waals surface area (Å²) < 4.78 is 0. The quantitative estimate of drug-likeness (QED) is 0.603. The van der Waals surface area contributed by atoms with Crippen molar-refractivity contribution in [2.45, 2.75) is 46.5 Å². The summed E-state index contributed by atoms with van der Waals surface area (Å²) in [6, 6.07) is 0. The molecule has 0 aromatic heterocycles. The van der Waals surface area contributed by atoms with Crippen LogP contribution in [-0.4, -0.2) is 5.78 Å². The molecule has 0 amide bonds. The number of hydrogen-bond donors (Lipinski definition) is 0. The van der Waals surface area contributed by atoms with Gasteiger partial charge in [0.05, 0.1) is 0 Å². The van der Waals surface area contributed by atoms with E-state index in [9.17, 15) is 4.79 Å². The molecule has 1 fully saturated rings. The highest BCUT2D eigenvalue weighted by Crippen LogP contribution is 2.47. The third-order valence-corrected chi connectivity index (χ3v) is 3.28. The predicted molar refractivity (Wildman–Crippen MR) is 53.4 cm³/mol. The Morgan fingerprint density at radius 1 is 1.23 bits per heavy atom. The summed E-state index contributed by atoms with van der Waals surface area (Å²) in [5.41, 5.74) is 2.78. The van der Waals surface area contributed by atoms with Crippen molar-refractivity contribution in [1.82, 2.24) is 0 Å². The molecule has 0 heterocycles. The van der Waals surface area contributed by atoms with Crippen molar-refractivity contribution in [3.05, 3.63) is 11.1 Å². The van der Waals surface area contributed by atoms with E-state index in [-0.39, 0.29) is 5.41 Å². The molecule has 0 bridgehead atoms. The number of carbonyl (C=O) groups excluding carboxylic acids is 1. The number of ketones is 1. The lowest BCUT2D eigenvalue weighted by atomic mass is 9.73. The second-order valence-corrected chi connectivity index (χ2v) is 5.37. The van der Waals surface area contributed by atoms with Gasteiger partial charge in [0.2, 0.25) is 0 Å². The van der Waals surface area contributed by atoms with E-state index in [0.717, 1.165) is 24.3 Å². The fourth-order valence-corrected chi connectivity index (χ4v) is 2.34. The zero-order chi connectivity index (χ0) is 9.64. The Kier molecular flexibility index (Phi) is 1.86. The fraction of sp³-hybridized carbons (Fsp3) is 0.750. The molecule has 1 nitrogen and oxygen atoms in total. The van der Waals surface area contributed by atoms with E-state index in [1.807, 2.05) is 6.92 Å². The first-order valence-electron chi connectivity index (χ1n) is 5.22. The molecule has 0 atom stereocenters. The van der Waals surface area contributed by atoms with Gasteiger partial charge in [-0.1, -0.05) is 19.4 Å². The lowest BCUT2D eigenvalue weighted by Crippen LogP contribution is -2.25. The molecule has 0 aliphatic heterocycles. The van der Waals surface area contributed by atoms with Crippen molar-refractivity contribution in [3.8, 4) is 0 Å². The zero-order valence-corrected chi connectivity index (χ0v) is 8.81. The molecule has 2 aliphatic rings. The Morgan fingerprint density at radius 2 is 1.85 bits per heavy atom. The Morgan fingerprint density at radius 3 is 2.38 bits per heavy atom. The van der Waals surface area contributed by atoms with Gasteiger partial charge in [0.25, 0.3) is 0 Å². The Hall–Kier alpha value is -0.590. The smallest absolute Gasteiger partial charge is 0.159 e. The zero-order valence-electron chi connectivity index (χ0n) is 8.81. The highest BCUT2D eigenvalue weighted by atomic mass is 16.1. The van der Waals surface area contributed by atoms with E-state index in [2.05, 4.69) is 13.8 Å². The minimum absolute atomic E-state index is 0.217. The van der Waals surface area contributed by atoms with Crippen LogP contribution in [-0.2, 0) is 4.79 Å². The summed E-state index contributed by atoms with van der Waals surface area (Å²) in [6.07, 6.45) is 4.52. The van der Waals surface area contributed by atoms with Gasteiger partial charge in [-0.3, -0.25) is 4.79 Å². The van der Waals surface area contributed by atoms with Crippen LogP contribution in [0, 0.1) is 11.3 Å². The molecule has 0 aromatic rings. The van der Waals surface area contributed by atoms with E-state index in [4.69, 9.17) is 0 Å².